The number of methoxy groups -OCH3 is 1. The number of phenolic OH excluding ortho intramolecular Hbond substituents is 1. The minimum absolute atomic E-state index is 0.0537. The minimum atomic E-state index is -0.501. The van der Waals surface area contributed by atoms with Crippen molar-refractivity contribution >= 4 is 5.78 Å². The van der Waals surface area contributed by atoms with E-state index in [1.54, 1.807) is 12.1 Å². The summed E-state index contributed by atoms with van der Waals surface area (Å²) in [5.41, 5.74) is 6.49. The quantitative estimate of drug-likeness (QED) is 0.771. The lowest BCUT2D eigenvalue weighted by atomic mass is 10.0. The fourth-order valence-electron chi connectivity index (χ4n) is 1.25. The van der Waals surface area contributed by atoms with Crippen LogP contribution in [0.25, 0.3) is 0 Å². The Hall–Kier alpha value is -1.55. The highest BCUT2D eigenvalue weighted by Crippen LogP contribution is 2.26. The maximum absolute atomic E-state index is 11.0. The molecule has 0 unspecified atom stereocenters. The first-order valence-electron chi connectivity index (χ1n) is 4.66. The molecule has 0 saturated carbocycles. The van der Waals surface area contributed by atoms with Gasteiger partial charge in [-0.05, 0) is 31.0 Å². The SMILES string of the molecule is COc1cc(C[C@H](N)C(C)=O)ccc1O. The topological polar surface area (TPSA) is 72.5 Å². The number of phenols is 1. The number of ether oxygens (including phenoxy) is 1. The van der Waals surface area contributed by atoms with Crippen molar-refractivity contribution in [3.63, 3.8) is 0 Å². The highest BCUT2D eigenvalue weighted by atomic mass is 16.5. The molecule has 0 radical (unpaired) electrons. The van der Waals surface area contributed by atoms with Gasteiger partial charge in [0.25, 0.3) is 0 Å². The molecule has 82 valence electrons. The highest BCUT2D eigenvalue weighted by Gasteiger charge is 2.10. The van der Waals surface area contributed by atoms with Gasteiger partial charge >= 0.3 is 0 Å². The van der Waals surface area contributed by atoms with Crippen LogP contribution in [0.2, 0.25) is 0 Å². The molecule has 4 nitrogen and oxygen atoms in total. The van der Waals surface area contributed by atoms with Gasteiger partial charge in [0, 0.05) is 0 Å². The van der Waals surface area contributed by atoms with Crippen molar-refractivity contribution in [1.82, 2.24) is 0 Å². The molecule has 0 aromatic heterocycles. The molecular weight excluding hydrogens is 194 g/mol. The van der Waals surface area contributed by atoms with E-state index in [0.717, 1.165) is 5.56 Å². The average Bonchev–Trinajstić information content (AvgIpc) is 2.20. The Morgan fingerprint density at radius 3 is 2.80 bits per heavy atom. The highest BCUT2D eigenvalue weighted by molar-refractivity contribution is 5.81. The molecule has 0 fully saturated rings. The van der Waals surface area contributed by atoms with Crippen LogP contribution < -0.4 is 10.5 Å². The van der Waals surface area contributed by atoms with E-state index in [9.17, 15) is 9.90 Å². The Morgan fingerprint density at radius 1 is 1.60 bits per heavy atom. The number of benzene rings is 1. The number of rotatable bonds is 4. The molecule has 1 rings (SSSR count). The Morgan fingerprint density at radius 2 is 2.27 bits per heavy atom. The first-order valence-corrected chi connectivity index (χ1v) is 4.66. The summed E-state index contributed by atoms with van der Waals surface area (Å²) >= 11 is 0. The predicted molar refractivity (Wildman–Crippen MR) is 57.0 cm³/mol. The molecule has 0 heterocycles. The van der Waals surface area contributed by atoms with Crippen molar-refractivity contribution in [2.24, 2.45) is 5.73 Å². The number of carbonyl (C=O) groups excluding carboxylic acids is 1. The van der Waals surface area contributed by atoms with Crippen LogP contribution in [0, 0.1) is 0 Å². The summed E-state index contributed by atoms with van der Waals surface area (Å²) in [5, 5.41) is 9.36. The third-order valence-corrected chi connectivity index (χ3v) is 2.22. The zero-order valence-corrected chi connectivity index (χ0v) is 8.86. The Labute approximate surface area is 88.7 Å². The summed E-state index contributed by atoms with van der Waals surface area (Å²) in [5.74, 6) is 0.419. The van der Waals surface area contributed by atoms with Gasteiger partial charge in [0.05, 0.1) is 13.2 Å². The molecule has 1 aromatic rings. The number of aromatic hydroxyl groups is 1. The Balaban J connectivity index is 2.83. The second-order valence-electron chi connectivity index (χ2n) is 3.43. The van der Waals surface area contributed by atoms with E-state index in [1.807, 2.05) is 0 Å². The van der Waals surface area contributed by atoms with Crippen LogP contribution in [-0.4, -0.2) is 24.0 Å². The van der Waals surface area contributed by atoms with Crippen LogP contribution in [0.4, 0.5) is 0 Å². The van der Waals surface area contributed by atoms with E-state index in [0.29, 0.717) is 12.2 Å². The van der Waals surface area contributed by atoms with Crippen molar-refractivity contribution in [3.8, 4) is 11.5 Å². The maximum Gasteiger partial charge on any atom is 0.160 e. The van der Waals surface area contributed by atoms with Gasteiger partial charge in [-0.3, -0.25) is 4.79 Å². The Bertz CT molecular complexity index is 363. The Kier molecular flexibility index (Phi) is 3.68. The van der Waals surface area contributed by atoms with Crippen molar-refractivity contribution in [3.05, 3.63) is 23.8 Å². The smallest absolute Gasteiger partial charge is 0.160 e. The van der Waals surface area contributed by atoms with Crippen molar-refractivity contribution in [2.75, 3.05) is 7.11 Å². The second-order valence-corrected chi connectivity index (χ2v) is 3.43. The van der Waals surface area contributed by atoms with Crippen LogP contribution in [0.15, 0.2) is 18.2 Å². The standard InChI is InChI=1S/C11H15NO3/c1-7(13)9(12)5-8-3-4-10(14)11(6-8)15-2/h3-4,6,9,14H,5,12H2,1-2H3/t9-/m0/s1. The summed E-state index contributed by atoms with van der Waals surface area (Å²) in [6, 6.07) is 4.43. The number of Topliss-reactive ketones (excluding diaryl/α,β-unsaturated/α-hetero) is 1. The fraction of sp³-hybridized carbons (Fsp3) is 0.364. The van der Waals surface area contributed by atoms with E-state index in [1.165, 1.54) is 20.1 Å². The molecule has 3 N–H and O–H groups in total. The summed E-state index contributed by atoms with van der Waals surface area (Å²) in [7, 11) is 1.48. The van der Waals surface area contributed by atoms with Gasteiger partial charge in [-0.1, -0.05) is 6.07 Å². The van der Waals surface area contributed by atoms with Crippen LogP contribution in [-0.2, 0) is 11.2 Å². The summed E-state index contributed by atoms with van der Waals surface area (Å²) < 4.78 is 4.95. The fourth-order valence-corrected chi connectivity index (χ4v) is 1.25. The molecule has 0 aliphatic rings. The van der Waals surface area contributed by atoms with Gasteiger partial charge in [-0.2, -0.15) is 0 Å². The lowest BCUT2D eigenvalue weighted by Crippen LogP contribution is -2.30. The van der Waals surface area contributed by atoms with Gasteiger partial charge in [0.1, 0.15) is 5.78 Å². The second kappa shape index (κ2) is 4.79. The molecule has 15 heavy (non-hydrogen) atoms. The summed E-state index contributed by atoms with van der Waals surface area (Å²) in [6.45, 7) is 1.46. The van der Waals surface area contributed by atoms with Crippen LogP contribution >= 0.6 is 0 Å². The van der Waals surface area contributed by atoms with E-state index in [2.05, 4.69) is 0 Å². The number of hydrogen-bond acceptors (Lipinski definition) is 4. The molecule has 0 aliphatic carbocycles. The van der Waals surface area contributed by atoms with Gasteiger partial charge in [-0.25, -0.2) is 0 Å². The monoisotopic (exact) mass is 209 g/mol. The van der Waals surface area contributed by atoms with Crippen molar-refractivity contribution in [2.45, 2.75) is 19.4 Å². The normalized spacial score (nSPS) is 12.2. The molecule has 0 spiro atoms. The zero-order valence-electron chi connectivity index (χ0n) is 8.86. The molecule has 0 bridgehead atoms. The summed E-state index contributed by atoms with van der Waals surface area (Å²) in [6.07, 6.45) is 0.450. The summed E-state index contributed by atoms with van der Waals surface area (Å²) in [4.78, 5) is 11.0. The number of hydrogen-bond donors (Lipinski definition) is 2. The van der Waals surface area contributed by atoms with Crippen LogP contribution in [0.1, 0.15) is 12.5 Å². The molecule has 0 aliphatic heterocycles. The van der Waals surface area contributed by atoms with E-state index < -0.39 is 6.04 Å². The molecule has 0 amide bonds. The van der Waals surface area contributed by atoms with Gasteiger partial charge < -0.3 is 15.6 Å². The first-order chi connectivity index (χ1) is 7.04. The third kappa shape index (κ3) is 2.95. The number of ketones is 1. The molecule has 0 saturated heterocycles. The molecule has 1 aromatic carbocycles. The average molecular weight is 209 g/mol. The van der Waals surface area contributed by atoms with E-state index in [4.69, 9.17) is 10.5 Å². The van der Waals surface area contributed by atoms with Crippen LogP contribution in [0.3, 0.4) is 0 Å². The van der Waals surface area contributed by atoms with Gasteiger partial charge in [0.15, 0.2) is 11.5 Å². The predicted octanol–water partition coefficient (Wildman–Crippen LogP) is 0.860. The lowest BCUT2D eigenvalue weighted by Gasteiger charge is -2.09. The van der Waals surface area contributed by atoms with Crippen molar-refractivity contribution in [1.29, 1.82) is 0 Å². The van der Waals surface area contributed by atoms with E-state index >= 15 is 0 Å². The lowest BCUT2D eigenvalue weighted by molar-refractivity contribution is -0.118. The zero-order chi connectivity index (χ0) is 11.4. The largest absolute Gasteiger partial charge is 0.504 e. The first kappa shape index (κ1) is 11.5. The minimum Gasteiger partial charge on any atom is -0.504 e. The van der Waals surface area contributed by atoms with Crippen molar-refractivity contribution < 1.29 is 14.6 Å². The van der Waals surface area contributed by atoms with Crippen LogP contribution in [0.5, 0.6) is 11.5 Å². The molecule has 1 atom stereocenters. The van der Waals surface area contributed by atoms with Gasteiger partial charge in [-0.15, -0.1) is 0 Å². The van der Waals surface area contributed by atoms with E-state index in [-0.39, 0.29) is 11.5 Å². The number of nitrogens with two attached hydrogens (primary N) is 1. The van der Waals surface area contributed by atoms with Gasteiger partial charge in [0.2, 0.25) is 0 Å². The molecular formula is C11H15NO3. The maximum atomic E-state index is 11.0. The third-order valence-electron chi connectivity index (χ3n) is 2.22. The molecule has 4 heteroatoms. The number of carbonyl (C=O) groups is 1.